The van der Waals surface area contributed by atoms with E-state index < -0.39 is 6.04 Å². The van der Waals surface area contributed by atoms with Crippen LogP contribution in [-0.4, -0.2) is 29.2 Å². The molecule has 0 aliphatic carbocycles. The van der Waals surface area contributed by atoms with E-state index in [1.165, 1.54) is 7.11 Å². The van der Waals surface area contributed by atoms with Crippen molar-refractivity contribution in [3.63, 3.8) is 0 Å². The van der Waals surface area contributed by atoms with Crippen LogP contribution in [0, 0.1) is 0 Å². The number of rotatable bonds is 5. The lowest BCUT2D eigenvalue weighted by molar-refractivity contribution is -0.125. The molecule has 5 nitrogen and oxygen atoms in total. The SMILES string of the molecule is COCC(=O)NC(c1ccc(Cl)c(Cl)c1)c1nccn1C. The highest BCUT2D eigenvalue weighted by molar-refractivity contribution is 6.42. The molecule has 1 N–H and O–H groups in total. The molecule has 1 atom stereocenters. The number of aromatic nitrogens is 2. The highest BCUT2D eigenvalue weighted by Crippen LogP contribution is 2.28. The zero-order valence-electron chi connectivity index (χ0n) is 11.6. The first-order valence-electron chi connectivity index (χ1n) is 6.23. The molecule has 0 saturated heterocycles. The molecule has 0 bridgehead atoms. The average Bonchev–Trinajstić information content (AvgIpc) is 2.86. The minimum atomic E-state index is -0.428. The summed E-state index contributed by atoms with van der Waals surface area (Å²) in [5.74, 6) is 0.453. The predicted molar refractivity (Wildman–Crippen MR) is 81.5 cm³/mol. The van der Waals surface area contributed by atoms with Gasteiger partial charge in [0.05, 0.1) is 10.0 Å². The normalized spacial score (nSPS) is 12.2. The number of imidazole rings is 1. The van der Waals surface area contributed by atoms with Crippen molar-refractivity contribution >= 4 is 29.1 Å². The van der Waals surface area contributed by atoms with E-state index in [4.69, 9.17) is 27.9 Å². The molecule has 1 amide bonds. The maximum absolute atomic E-state index is 11.9. The Labute approximate surface area is 132 Å². The summed E-state index contributed by atoms with van der Waals surface area (Å²) in [6, 6.07) is 4.79. The van der Waals surface area contributed by atoms with E-state index in [1.807, 2.05) is 17.8 Å². The Hall–Kier alpha value is -1.56. The summed E-state index contributed by atoms with van der Waals surface area (Å²) in [5, 5.41) is 3.76. The Balaban J connectivity index is 2.38. The van der Waals surface area contributed by atoms with Gasteiger partial charge in [0.15, 0.2) is 0 Å². The number of amides is 1. The van der Waals surface area contributed by atoms with E-state index in [-0.39, 0.29) is 12.5 Å². The van der Waals surface area contributed by atoms with Gasteiger partial charge in [-0.2, -0.15) is 0 Å². The number of hydrogen-bond donors (Lipinski definition) is 1. The Kier molecular flexibility index (Phi) is 5.22. The molecule has 0 spiro atoms. The number of aryl methyl sites for hydroxylation is 1. The molecule has 2 rings (SSSR count). The van der Waals surface area contributed by atoms with Gasteiger partial charge in [-0.1, -0.05) is 29.3 Å². The molecule has 7 heteroatoms. The van der Waals surface area contributed by atoms with Crippen molar-refractivity contribution in [2.75, 3.05) is 13.7 Å². The maximum Gasteiger partial charge on any atom is 0.246 e. The van der Waals surface area contributed by atoms with Gasteiger partial charge in [-0.25, -0.2) is 4.98 Å². The molecule has 1 aromatic heterocycles. The molecule has 1 aromatic carbocycles. The lowest BCUT2D eigenvalue weighted by Crippen LogP contribution is -2.33. The number of halogens is 2. The van der Waals surface area contributed by atoms with Crippen molar-refractivity contribution in [2.24, 2.45) is 7.05 Å². The topological polar surface area (TPSA) is 56.1 Å². The van der Waals surface area contributed by atoms with E-state index in [0.717, 1.165) is 5.56 Å². The number of nitrogens with one attached hydrogen (secondary N) is 1. The van der Waals surface area contributed by atoms with Crippen molar-refractivity contribution in [2.45, 2.75) is 6.04 Å². The van der Waals surface area contributed by atoms with E-state index in [9.17, 15) is 4.79 Å². The van der Waals surface area contributed by atoms with Crippen LogP contribution < -0.4 is 5.32 Å². The van der Waals surface area contributed by atoms with Gasteiger partial charge in [0, 0.05) is 26.6 Å². The number of benzene rings is 1. The number of ether oxygens (including phenoxy) is 1. The standard InChI is InChI=1S/C14H15Cl2N3O2/c1-19-6-5-17-14(19)13(18-12(20)8-21-2)9-3-4-10(15)11(16)7-9/h3-7,13H,8H2,1-2H3,(H,18,20). The van der Waals surface area contributed by atoms with Gasteiger partial charge in [-0.3, -0.25) is 4.79 Å². The van der Waals surface area contributed by atoms with E-state index in [0.29, 0.717) is 15.9 Å². The number of hydrogen-bond acceptors (Lipinski definition) is 3. The van der Waals surface area contributed by atoms with Crippen LogP contribution in [0.1, 0.15) is 17.4 Å². The molecule has 0 fully saturated rings. The Morgan fingerprint density at radius 2 is 2.19 bits per heavy atom. The number of carbonyl (C=O) groups excluding carboxylic acids is 1. The summed E-state index contributed by atoms with van der Waals surface area (Å²) in [6.45, 7) is -0.0256. The second kappa shape index (κ2) is 6.93. The molecule has 1 unspecified atom stereocenters. The molecule has 0 aliphatic rings. The molecular formula is C14H15Cl2N3O2. The van der Waals surface area contributed by atoms with Gasteiger partial charge in [0.25, 0.3) is 0 Å². The fourth-order valence-corrected chi connectivity index (χ4v) is 2.28. The van der Waals surface area contributed by atoms with Crippen LogP contribution >= 0.6 is 23.2 Å². The molecule has 0 saturated carbocycles. The van der Waals surface area contributed by atoms with Crippen LogP contribution in [0.15, 0.2) is 30.6 Å². The zero-order valence-corrected chi connectivity index (χ0v) is 13.1. The highest BCUT2D eigenvalue weighted by Gasteiger charge is 2.21. The monoisotopic (exact) mass is 327 g/mol. The van der Waals surface area contributed by atoms with Gasteiger partial charge in [0.2, 0.25) is 5.91 Å². The van der Waals surface area contributed by atoms with Crippen LogP contribution in [0.2, 0.25) is 10.0 Å². The predicted octanol–water partition coefficient (Wildman–Crippen LogP) is 2.58. The van der Waals surface area contributed by atoms with Crippen LogP contribution in [0.5, 0.6) is 0 Å². The minimum Gasteiger partial charge on any atom is -0.375 e. The second-order valence-corrected chi connectivity index (χ2v) is 5.32. The summed E-state index contributed by atoms with van der Waals surface area (Å²) in [7, 11) is 3.32. The largest absolute Gasteiger partial charge is 0.375 e. The number of methoxy groups -OCH3 is 1. The van der Waals surface area contributed by atoms with Gasteiger partial charge >= 0.3 is 0 Å². The molecular weight excluding hydrogens is 313 g/mol. The Morgan fingerprint density at radius 3 is 2.76 bits per heavy atom. The van der Waals surface area contributed by atoms with Gasteiger partial charge in [-0.15, -0.1) is 0 Å². The van der Waals surface area contributed by atoms with E-state index >= 15 is 0 Å². The van der Waals surface area contributed by atoms with E-state index in [2.05, 4.69) is 10.3 Å². The summed E-state index contributed by atoms with van der Waals surface area (Å²) in [5.41, 5.74) is 0.795. The van der Waals surface area contributed by atoms with Crippen molar-refractivity contribution in [3.8, 4) is 0 Å². The van der Waals surface area contributed by atoms with Crippen LogP contribution in [0.3, 0.4) is 0 Å². The Bertz CT molecular complexity index is 643. The average molecular weight is 328 g/mol. The third-order valence-corrected chi connectivity index (χ3v) is 3.71. The van der Waals surface area contributed by atoms with Crippen molar-refractivity contribution in [1.29, 1.82) is 0 Å². The van der Waals surface area contributed by atoms with Crippen LogP contribution in [0.4, 0.5) is 0 Å². The lowest BCUT2D eigenvalue weighted by Gasteiger charge is -2.19. The van der Waals surface area contributed by atoms with Crippen molar-refractivity contribution in [3.05, 3.63) is 52.0 Å². The molecule has 2 aromatic rings. The van der Waals surface area contributed by atoms with Gasteiger partial charge in [-0.05, 0) is 17.7 Å². The lowest BCUT2D eigenvalue weighted by atomic mass is 10.1. The van der Waals surface area contributed by atoms with Crippen LogP contribution in [-0.2, 0) is 16.6 Å². The molecule has 0 radical (unpaired) electrons. The van der Waals surface area contributed by atoms with E-state index in [1.54, 1.807) is 24.4 Å². The smallest absolute Gasteiger partial charge is 0.246 e. The molecule has 0 aliphatic heterocycles. The summed E-state index contributed by atoms with van der Waals surface area (Å²) >= 11 is 12.0. The van der Waals surface area contributed by atoms with Gasteiger partial charge < -0.3 is 14.6 Å². The second-order valence-electron chi connectivity index (χ2n) is 4.50. The van der Waals surface area contributed by atoms with Crippen molar-refractivity contribution < 1.29 is 9.53 Å². The van der Waals surface area contributed by atoms with Gasteiger partial charge in [0.1, 0.15) is 18.5 Å². The first-order chi connectivity index (χ1) is 10.0. The fraction of sp³-hybridized carbons (Fsp3) is 0.286. The third kappa shape index (κ3) is 3.75. The van der Waals surface area contributed by atoms with Crippen LogP contribution in [0.25, 0.3) is 0 Å². The third-order valence-electron chi connectivity index (χ3n) is 2.97. The van der Waals surface area contributed by atoms with Crippen molar-refractivity contribution in [1.82, 2.24) is 14.9 Å². The Morgan fingerprint density at radius 1 is 1.43 bits per heavy atom. The molecule has 1 heterocycles. The highest BCUT2D eigenvalue weighted by atomic mass is 35.5. The summed E-state index contributed by atoms with van der Waals surface area (Å²) < 4.78 is 6.68. The first kappa shape index (κ1) is 15.8. The first-order valence-corrected chi connectivity index (χ1v) is 6.99. The minimum absolute atomic E-state index is 0.0256. The summed E-state index contributed by atoms with van der Waals surface area (Å²) in [4.78, 5) is 16.1. The fourth-order valence-electron chi connectivity index (χ4n) is 1.98. The molecule has 21 heavy (non-hydrogen) atoms. The maximum atomic E-state index is 11.9. The number of carbonyl (C=O) groups is 1. The zero-order chi connectivity index (χ0) is 15.4. The number of nitrogens with zero attached hydrogens (tertiary/aromatic N) is 2. The summed E-state index contributed by atoms with van der Waals surface area (Å²) in [6.07, 6.45) is 3.48. The molecule has 112 valence electrons. The quantitative estimate of drug-likeness (QED) is 0.918.